The Hall–Kier alpha value is -0.643. The maximum absolute atomic E-state index is 6.44. The fourth-order valence-corrected chi connectivity index (χ4v) is 4.12. The summed E-state index contributed by atoms with van der Waals surface area (Å²) >= 11 is 0. The maximum atomic E-state index is 6.44. The Bertz CT molecular complexity index is 480. The number of likely N-dealkylation sites (tertiary alicyclic amines) is 1. The van der Waals surface area contributed by atoms with Crippen molar-refractivity contribution in [2.24, 2.45) is 11.8 Å². The normalized spacial score (nSPS) is 21.6. The molecule has 0 N–H and O–H groups in total. The van der Waals surface area contributed by atoms with Gasteiger partial charge in [-0.3, -0.25) is 4.90 Å². The van der Waals surface area contributed by atoms with Gasteiger partial charge in [-0.15, -0.1) is 0 Å². The molecule has 1 saturated heterocycles. The van der Waals surface area contributed by atoms with Crippen LogP contribution < -0.4 is 0 Å². The van der Waals surface area contributed by atoms with E-state index < -0.39 is 8.32 Å². The van der Waals surface area contributed by atoms with Gasteiger partial charge in [-0.2, -0.15) is 0 Å². The van der Waals surface area contributed by atoms with Crippen LogP contribution in [0.15, 0.2) is 30.3 Å². The van der Waals surface area contributed by atoms with Crippen LogP contribution in [-0.2, 0) is 11.0 Å². The SMILES string of the molecule is C[C@H](CO[Si](C)(C)C(C)(C)C)C1CCN(Cc2ccccc2)C1. The third kappa shape index (κ3) is 5.17. The zero-order valence-corrected chi connectivity index (χ0v) is 16.9. The molecule has 0 amide bonds. The van der Waals surface area contributed by atoms with E-state index in [1.165, 1.54) is 25.1 Å². The van der Waals surface area contributed by atoms with E-state index in [1.807, 2.05) is 0 Å². The Labute approximate surface area is 144 Å². The summed E-state index contributed by atoms with van der Waals surface area (Å²) in [7, 11) is -1.61. The van der Waals surface area contributed by atoms with Crippen molar-refractivity contribution in [1.82, 2.24) is 4.90 Å². The lowest BCUT2D eigenvalue weighted by molar-refractivity contribution is 0.188. The zero-order chi connectivity index (χ0) is 17.1. The predicted octanol–water partition coefficient (Wildman–Crippen LogP) is 5.17. The summed E-state index contributed by atoms with van der Waals surface area (Å²) in [6.45, 7) is 18.5. The van der Waals surface area contributed by atoms with Crippen LogP contribution >= 0.6 is 0 Å². The van der Waals surface area contributed by atoms with Crippen molar-refractivity contribution in [3.63, 3.8) is 0 Å². The van der Waals surface area contributed by atoms with Gasteiger partial charge in [-0.05, 0) is 48.5 Å². The van der Waals surface area contributed by atoms with Crippen LogP contribution in [0.25, 0.3) is 0 Å². The van der Waals surface area contributed by atoms with E-state index in [0.29, 0.717) is 11.0 Å². The van der Waals surface area contributed by atoms with Gasteiger partial charge in [-0.1, -0.05) is 58.0 Å². The van der Waals surface area contributed by atoms with Gasteiger partial charge in [-0.25, -0.2) is 0 Å². The number of nitrogens with zero attached hydrogens (tertiary/aromatic N) is 1. The summed E-state index contributed by atoms with van der Waals surface area (Å²) in [6.07, 6.45) is 1.31. The minimum absolute atomic E-state index is 0.307. The number of hydrogen-bond donors (Lipinski definition) is 0. The van der Waals surface area contributed by atoms with Crippen molar-refractivity contribution in [2.45, 2.75) is 58.8 Å². The molecule has 1 fully saturated rings. The van der Waals surface area contributed by atoms with Crippen LogP contribution in [-0.4, -0.2) is 32.9 Å². The first-order valence-electron chi connectivity index (χ1n) is 9.09. The molecule has 2 nitrogen and oxygen atoms in total. The topological polar surface area (TPSA) is 12.5 Å². The summed E-state index contributed by atoms with van der Waals surface area (Å²) in [5, 5.41) is 0.307. The highest BCUT2D eigenvalue weighted by Gasteiger charge is 2.38. The van der Waals surface area contributed by atoms with Gasteiger partial charge < -0.3 is 4.43 Å². The third-order valence-electron chi connectivity index (χ3n) is 5.88. The molecule has 23 heavy (non-hydrogen) atoms. The van der Waals surface area contributed by atoms with Gasteiger partial charge in [0.2, 0.25) is 0 Å². The molecule has 2 rings (SSSR count). The molecular weight excluding hydrogens is 298 g/mol. The zero-order valence-electron chi connectivity index (χ0n) is 15.9. The quantitative estimate of drug-likeness (QED) is 0.666. The number of benzene rings is 1. The highest BCUT2D eigenvalue weighted by Crippen LogP contribution is 2.37. The van der Waals surface area contributed by atoms with Gasteiger partial charge in [0.15, 0.2) is 8.32 Å². The summed E-state index contributed by atoms with van der Waals surface area (Å²) in [5.74, 6) is 1.44. The van der Waals surface area contributed by atoms with Gasteiger partial charge in [0, 0.05) is 19.7 Å². The highest BCUT2D eigenvalue weighted by molar-refractivity contribution is 6.74. The van der Waals surface area contributed by atoms with Gasteiger partial charge in [0.05, 0.1) is 0 Å². The van der Waals surface area contributed by atoms with Crippen LogP contribution in [0.4, 0.5) is 0 Å². The van der Waals surface area contributed by atoms with E-state index in [-0.39, 0.29) is 0 Å². The summed E-state index contributed by atoms with van der Waals surface area (Å²) < 4.78 is 6.44. The third-order valence-corrected chi connectivity index (χ3v) is 10.4. The molecule has 3 heteroatoms. The van der Waals surface area contributed by atoms with E-state index in [4.69, 9.17) is 4.43 Å². The second-order valence-electron chi connectivity index (χ2n) is 8.82. The molecule has 2 atom stereocenters. The largest absolute Gasteiger partial charge is 0.417 e. The van der Waals surface area contributed by atoms with Crippen LogP contribution in [0.3, 0.4) is 0 Å². The molecule has 0 bridgehead atoms. The predicted molar refractivity (Wildman–Crippen MR) is 102 cm³/mol. The first-order chi connectivity index (χ1) is 10.7. The minimum atomic E-state index is -1.61. The van der Waals surface area contributed by atoms with E-state index >= 15 is 0 Å². The fraction of sp³-hybridized carbons (Fsp3) is 0.700. The second-order valence-corrected chi connectivity index (χ2v) is 13.6. The molecule has 1 aromatic carbocycles. The Morgan fingerprint density at radius 3 is 2.48 bits per heavy atom. The summed E-state index contributed by atoms with van der Waals surface area (Å²) in [4.78, 5) is 2.60. The molecule has 130 valence electrons. The molecule has 1 aliphatic rings. The Morgan fingerprint density at radius 2 is 1.87 bits per heavy atom. The van der Waals surface area contributed by atoms with Crippen LogP contribution in [0.2, 0.25) is 18.1 Å². The summed E-state index contributed by atoms with van der Waals surface area (Å²) in [6, 6.07) is 10.8. The molecule has 0 spiro atoms. The molecule has 1 heterocycles. The Balaban J connectivity index is 1.80. The van der Waals surface area contributed by atoms with Gasteiger partial charge in [0.25, 0.3) is 0 Å². The van der Waals surface area contributed by atoms with Crippen molar-refractivity contribution in [1.29, 1.82) is 0 Å². The van der Waals surface area contributed by atoms with Crippen molar-refractivity contribution >= 4 is 8.32 Å². The smallest absolute Gasteiger partial charge is 0.191 e. The van der Waals surface area contributed by atoms with E-state index in [0.717, 1.165) is 19.1 Å². The lowest BCUT2D eigenvalue weighted by Gasteiger charge is -2.37. The molecule has 1 aliphatic heterocycles. The van der Waals surface area contributed by atoms with Gasteiger partial charge in [0.1, 0.15) is 0 Å². The fourth-order valence-electron chi connectivity index (χ4n) is 3.00. The van der Waals surface area contributed by atoms with E-state index in [9.17, 15) is 0 Å². The lowest BCUT2D eigenvalue weighted by Crippen LogP contribution is -2.42. The minimum Gasteiger partial charge on any atom is -0.417 e. The second kappa shape index (κ2) is 7.50. The van der Waals surface area contributed by atoms with Crippen molar-refractivity contribution in [3.05, 3.63) is 35.9 Å². The molecule has 0 saturated carbocycles. The standard InChI is InChI=1S/C20H35NOSi/c1-17(16-22-23(5,6)20(2,3)4)19-12-13-21(15-19)14-18-10-8-7-9-11-18/h7-11,17,19H,12-16H2,1-6H3/t17-,19?/m1/s1. The first-order valence-corrected chi connectivity index (χ1v) is 12.0. The first kappa shape index (κ1) is 18.7. The Morgan fingerprint density at radius 1 is 1.22 bits per heavy atom. The van der Waals surface area contributed by atoms with E-state index in [1.54, 1.807) is 0 Å². The van der Waals surface area contributed by atoms with Crippen molar-refractivity contribution in [3.8, 4) is 0 Å². The average molecular weight is 334 g/mol. The lowest BCUT2D eigenvalue weighted by atomic mass is 9.94. The molecule has 1 unspecified atom stereocenters. The Kier molecular flexibility index (Phi) is 6.09. The van der Waals surface area contributed by atoms with Crippen LogP contribution in [0.5, 0.6) is 0 Å². The van der Waals surface area contributed by atoms with Crippen molar-refractivity contribution in [2.75, 3.05) is 19.7 Å². The monoisotopic (exact) mass is 333 g/mol. The molecular formula is C20H35NOSi. The van der Waals surface area contributed by atoms with E-state index in [2.05, 4.69) is 76.0 Å². The van der Waals surface area contributed by atoms with Gasteiger partial charge >= 0.3 is 0 Å². The summed E-state index contributed by atoms with van der Waals surface area (Å²) in [5.41, 5.74) is 1.43. The maximum Gasteiger partial charge on any atom is 0.191 e. The van der Waals surface area contributed by atoms with Crippen LogP contribution in [0, 0.1) is 11.8 Å². The van der Waals surface area contributed by atoms with Crippen molar-refractivity contribution < 1.29 is 4.43 Å². The average Bonchev–Trinajstić information content (AvgIpc) is 2.93. The number of rotatable bonds is 6. The number of hydrogen-bond acceptors (Lipinski definition) is 2. The van der Waals surface area contributed by atoms with Crippen LogP contribution in [0.1, 0.15) is 39.7 Å². The molecule has 1 aromatic rings. The molecule has 0 aromatic heterocycles. The molecule has 0 radical (unpaired) electrons. The highest BCUT2D eigenvalue weighted by atomic mass is 28.4. The molecule has 0 aliphatic carbocycles.